The van der Waals surface area contributed by atoms with Gasteiger partial charge in [-0.05, 0) is 107 Å². The molecule has 10 rings (SSSR count). The molecule has 0 amide bonds. The zero-order valence-electron chi connectivity index (χ0n) is 31.3. The van der Waals surface area contributed by atoms with E-state index in [0.29, 0.717) is 5.56 Å². The summed E-state index contributed by atoms with van der Waals surface area (Å²) in [6.45, 7) is 0. The fourth-order valence-electron chi connectivity index (χ4n) is 7.52. The lowest BCUT2D eigenvalue weighted by molar-refractivity contribution is 0.669. The third kappa shape index (κ3) is 4.47. The lowest BCUT2D eigenvalue weighted by Gasteiger charge is -2.20. The Morgan fingerprint density at radius 3 is 1.76 bits per heavy atom. The van der Waals surface area contributed by atoms with Crippen molar-refractivity contribution in [2.24, 2.45) is 0 Å². The van der Waals surface area contributed by atoms with E-state index in [-0.39, 0.29) is 29.7 Å². The molecule has 0 saturated heterocycles. The molecule has 49 heavy (non-hydrogen) atoms. The number of para-hydroxylation sites is 1. The van der Waals surface area contributed by atoms with Crippen LogP contribution in [0.4, 0.5) is 0 Å². The van der Waals surface area contributed by atoms with Gasteiger partial charge in [0.25, 0.3) is 0 Å². The van der Waals surface area contributed by atoms with Gasteiger partial charge in [0.2, 0.25) is 0 Å². The summed E-state index contributed by atoms with van der Waals surface area (Å²) in [7, 11) is 0. The molecule has 1 heterocycles. The highest BCUT2D eigenvalue weighted by Gasteiger charge is 2.19. The van der Waals surface area contributed by atoms with Crippen LogP contribution in [-0.4, -0.2) is 0 Å². The Hall–Kier alpha value is -6.44. The highest BCUT2D eigenvalue weighted by atomic mass is 16.3. The molecule has 9 aromatic carbocycles. The van der Waals surface area contributed by atoms with Crippen LogP contribution in [-0.2, 0) is 0 Å². The Morgan fingerprint density at radius 1 is 0.347 bits per heavy atom. The molecule has 0 unspecified atom stereocenters. The minimum Gasteiger partial charge on any atom is -0.456 e. The molecule has 0 atom stereocenters. The first-order chi connectivity index (χ1) is 26.4. The van der Waals surface area contributed by atoms with Crippen molar-refractivity contribution < 1.29 is 11.3 Å². The summed E-state index contributed by atoms with van der Waals surface area (Å²) in [4.78, 5) is 0. The van der Waals surface area contributed by atoms with Gasteiger partial charge >= 0.3 is 0 Å². The molecule has 0 aliphatic rings. The second-order valence-electron chi connectivity index (χ2n) is 12.5. The fourth-order valence-corrected chi connectivity index (χ4v) is 7.52. The number of fused-ring (bicyclic) bond motifs is 6. The molecule has 1 nitrogen and oxygen atoms in total. The van der Waals surface area contributed by atoms with Gasteiger partial charge in [-0.3, -0.25) is 0 Å². The van der Waals surface area contributed by atoms with Crippen LogP contribution in [0.5, 0.6) is 0 Å². The molecule has 0 bridgehead atoms. The SMILES string of the molecule is [2H]c1c([2H])c([2H])c(-c2c3ccc(-c4cccc5ccccc45)cc3c(-c3ccccc3)c3ccc(-c4ccc5oc6ccccc6c5c4)cc23)c([2H])c1[2H]. The van der Waals surface area contributed by atoms with Gasteiger partial charge in [-0.15, -0.1) is 0 Å². The van der Waals surface area contributed by atoms with Gasteiger partial charge in [0.15, 0.2) is 0 Å². The number of benzene rings is 9. The molecule has 0 aliphatic heterocycles. The standard InChI is InChI=1S/C48H30O/c1-3-13-32(14-4-1)47-41-26-23-36(38-20-11-17-31-12-7-8-18-37(31)38)30-44(41)48(33-15-5-2-6-16-33)40-25-22-34(29-43(40)47)35-24-27-46-42(28-35)39-19-9-10-21-45(39)49-46/h1-30H/i1D,3D,4D,13D,14D. The van der Waals surface area contributed by atoms with E-state index in [1.807, 2.05) is 54.6 Å². The predicted octanol–water partition coefficient (Wildman–Crippen LogP) is 13.7. The molecule has 0 radical (unpaired) electrons. The summed E-state index contributed by atoms with van der Waals surface area (Å²) in [6, 6.07) is 50.2. The first-order valence-corrected chi connectivity index (χ1v) is 16.4. The van der Waals surface area contributed by atoms with Crippen molar-refractivity contribution >= 4 is 54.3 Å². The second kappa shape index (κ2) is 11.1. The average molecular weight is 628 g/mol. The molecule has 0 spiro atoms. The maximum Gasteiger partial charge on any atom is 0.135 e. The molecule has 0 aliphatic carbocycles. The van der Waals surface area contributed by atoms with Crippen LogP contribution in [0.1, 0.15) is 6.85 Å². The van der Waals surface area contributed by atoms with Crippen molar-refractivity contribution in [2.75, 3.05) is 0 Å². The van der Waals surface area contributed by atoms with Crippen LogP contribution in [0.25, 0.3) is 98.8 Å². The Labute approximate surface area is 291 Å². The number of rotatable bonds is 4. The predicted molar refractivity (Wildman–Crippen MR) is 208 cm³/mol. The van der Waals surface area contributed by atoms with Crippen LogP contribution >= 0.6 is 0 Å². The maximum atomic E-state index is 9.19. The molecule has 1 heteroatoms. The van der Waals surface area contributed by atoms with Gasteiger partial charge in [-0.2, -0.15) is 0 Å². The lowest BCUT2D eigenvalue weighted by atomic mass is 9.83. The summed E-state index contributed by atoms with van der Waals surface area (Å²) in [5.41, 5.74) is 8.50. The largest absolute Gasteiger partial charge is 0.456 e. The van der Waals surface area contributed by atoms with E-state index in [9.17, 15) is 2.74 Å². The van der Waals surface area contributed by atoms with E-state index in [4.69, 9.17) is 8.53 Å². The van der Waals surface area contributed by atoms with Crippen LogP contribution in [0.3, 0.4) is 0 Å². The zero-order valence-corrected chi connectivity index (χ0v) is 26.3. The van der Waals surface area contributed by atoms with Gasteiger partial charge in [0.1, 0.15) is 11.2 Å². The average Bonchev–Trinajstić information content (AvgIpc) is 3.60. The molecule has 0 N–H and O–H groups in total. The van der Waals surface area contributed by atoms with Gasteiger partial charge < -0.3 is 4.42 Å². The highest BCUT2D eigenvalue weighted by molar-refractivity contribution is 6.23. The summed E-state index contributed by atoms with van der Waals surface area (Å²) in [5.74, 6) is 0. The van der Waals surface area contributed by atoms with E-state index < -0.39 is 6.04 Å². The molecule has 10 aromatic rings. The number of hydrogen-bond donors (Lipinski definition) is 0. The quantitative estimate of drug-likeness (QED) is 0.177. The van der Waals surface area contributed by atoms with Gasteiger partial charge in [-0.1, -0.05) is 152 Å². The summed E-state index contributed by atoms with van der Waals surface area (Å²) >= 11 is 0. The second-order valence-corrected chi connectivity index (χ2v) is 12.5. The van der Waals surface area contributed by atoms with Crippen molar-refractivity contribution in [1.82, 2.24) is 0 Å². The molecular weight excluding hydrogens is 593 g/mol. The van der Waals surface area contributed by atoms with Crippen molar-refractivity contribution in [3.63, 3.8) is 0 Å². The normalized spacial score (nSPS) is 13.1. The van der Waals surface area contributed by atoms with Crippen molar-refractivity contribution in [3.05, 3.63) is 182 Å². The van der Waals surface area contributed by atoms with Gasteiger partial charge in [0.05, 0.1) is 6.85 Å². The topological polar surface area (TPSA) is 13.1 Å². The lowest BCUT2D eigenvalue weighted by Crippen LogP contribution is -1.93. The maximum absolute atomic E-state index is 9.19. The summed E-state index contributed by atoms with van der Waals surface area (Å²) in [5, 5.41) is 7.78. The Balaban J connectivity index is 1.35. The Kier molecular flexibility index (Phi) is 5.20. The van der Waals surface area contributed by atoms with E-state index in [1.54, 1.807) is 0 Å². The number of furan rings is 1. The summed E-state index contributed by atoms with van der Waals surface area (Å²) in [6.07, 6.45) is 0. The zero-order chi connectivity index (χ0) is 36.7. The Bertz CT molecular complexity index is 3130. The van der Waals surface area contributed by atoms with E-state index in [1.165, 1.54) is 0 Å². The van der Waals surface area contributed by atoms with Crippen LogP contribution < -0.4 is 0 Å². The van der Waals surface area contributed by atoms with Crippen molar-refractivity contribution in [2.45, 2.75) is 0 Å². The van der Waals surface area contributed by atoms with Crippen molar-refractivity contribution in [1.29, 1.82) is 0 Å². The van der Waals surface area contributed by atoms with Crippen LogP contribution in [0.2, 0.25) is 0 Å². The smallest absolute Gasteiger partial charge is 0.135 e. The minimum absolute atomic E-state index is 0.182. The van der Waals surface area contributed by atoms with Crippen LogP contribution in [0, 0.1) is 0 Å². The van der Waals surface area contributed by atoms with Crippen molar-refractivity contribution in [3.8, 4) is 44.5 Å². The van der Waals surface area contributed by atoms with E-state index in [0.717, 1.165) is 87.6 Å². The Morgan fingerprint density at radius 2 is 0.939 bits per heavy atom. The van der Waals surface area contributed by atoms with Crippen LogP contribution in [0.15, 0.2) is 186 Å². The minimum atomic E-state index is -0.414. The van der Waals surface area contributed by atoms with E-state index >= 15 is 0 Å². The van der Waals surface area contributed by atoms with Gasteiger partial charge in [0, 0.05) is 10.8 Å². The highest BCUT2D eigenvalue weighted by Crippen LogP contribution is 2.46. The number of hydrogen-bond acceptors (Lipinski definition) is 1. The molecular formula is C48H30O. The third-order valence-corrected chi connectivity index (χ3v) is 9.74. The van der Waals surface area contributed by atoms with E-state index in [2.05, 4.69) is 97.1 Å². The molecule has 0 fully saturated rings. The monoisotopic (exact) mass is 627 g/mol. The van der Waals surface area contributed by atoms with Gasteiger partial charge in [-0.25, -0.2) is 0 Å². The fraction of sp³-hybridized carbons (Fsp3) is 0. The first-order valence-electron chi connectivity index (χ1n) is 18.9. The third-order valence-electron chi connectivity index (χ3n) is 9.74. The summed E-state index contributed by atoms with van der Waals surface area (Å²) < 4.78 is 50.3. The molecule has 228 valence electrons. The first kappa shape index (κ1) is 23.0. The molecule has 0 saturated carbocycles. The molecule has 1 aromatic heterocycles.